The molecule has 3 aromatic carbocycles. The number of para-hydroxylation sites is 1. The Morgan fingerprint density at radius 1 is 0.951 bits per heavy atom. The highest BCUT2D eigenvalue weighted by Crippen LogP contribution is 2.37. The van der Waals surface area contributed by atoms with E-state index < -0.39 is 0 Å². The smallest absolute Gasteiger partial charge is 0.330 e. The first-order valence-corrected chi connectivity index (χ1v) is 13.6. The monoisotopic (exact) mass is 553 g/mol. The van der Waals surface area contributed by atoms with Crippen LogP contribution in [0.1, 0.15) is 22.3 Å². The van der Waals surface area contributed by atoms with Crippen molar-refractivity contribution >= 4 is 17.4 Å². The topological polar surface area (TPSA) is 98.9 Å². The molecule has 1 aliphatic heterocycles. The van der Waals surface area contributed by atoms with Gasteiger partial charge in [-0.15, -0.1) is 0 Å². The lowest BCUT2D eigenvalue weighted by molar-refractivity contribution is 0.251. The molecule has 41 heavy (non-hydrogen) atoms. The lowest BCUT2D eigenvalue weighted by atomic mass is 9.97. The highest BCUT2D eigenvalue weighted by molar-refractivity contribution is 5.89. The number of rotatable bonds is 7. The minimum absolute atomic E-state index is 0.186. The summed E-state index contributed by atoms with van der Waals surface area (Å²) in [5, 5.41) is 5.67. The molecule has 0 saturated carbocycles. The maximum atomic E-state index is 14.0. The number of fused-ring (bicyclic) bond motifs is 3. The maximum Gasteiger partial charge on any atom is 0.330 e. The van der Waals surface area contributed by atoms with E-state index in [4.69, 9.17) is 14.5 Å². The Balaban J connectivity index is 1.58. The summed E-state index contributed by atoms with van der Waals surface area (Å²) in [6, 6.07) is 18.9. The average molecular weight is 554 g/mol. The van der Waals surface area contributed by atoms with E-state index >= 15 is 0 Å². The number of benzene rings is 3. The van der Waals surface area contributed by atoms with Gasteiger partial charge in [0.15, 0.2) is 11.5 Å². The van der Waals surface area contributed by atoms with Crippen molar-refractivity contribution in [3.05, 3.63) is 98.9 Å². The summed E-state index contributed by atoms with van der Waals surface area (Å²) in [6.07, 6.45) is 0.674. The van der Waals surface area contributed by atoms with Gasteiger partial charge in [0.05, 0.1) is 25.6 Å². The van der Waals surface area contributed by atoms with E-state index in [0.717, 1.165) is 39.2 Å². The fourth-order valence-electron chi connectivity index (χ4n) is 5.41. The molecule has 0 spiro atoms. The second-order valence-corrected chi connectivity index (χ2v) is 10.2. The van der Waals surface area contributed by atoms with Crippen molar-refractivity contribution in [1.82, 2.24) is 14.5 Å². The summed E-state index contributed by atoms with van der Waals surface area (Å²) in [5.41, 5.74) is 7.81. The number of hydrogen-bond donors (Lipinski definition) is 2. The number of urea groups is 1. The van der Waals surface area contributed by atoms with Crippen LogP contribution in [-0.4, -0.2) is 35.9 Å². The summed E-state index contributed by atoms with van der Waals surface area (Å²) in [6.45, 7) is 7.12. The molecule has 1 aliphatic rings. The number of anilines is 1. The van der Waals surface area contributed by atoms with Gasteiger partial charge in [0.1, 0.15) is 5.49 Å². The van der Waals surface area contributed by atoms with Crippen molar-refractivity contribution in [3.8, 4) is 22.8 Å². The van der Waals surface area contributed by atoms with Crippen LogP contribution in [0.4, 0.5) is 16.2 Å². The Labute approximate surface area is 239 Å². The van der Waals surface area contributed by atoms with Crippen molar-refractivity contribution in [3.63, 3.8) is 0 Å². The molecule has 1 aromatic heterocycles. The number of methoxy groups -OCH3 is 2. The Bertz CT molecular complexity index is 1710. The number of amides is 2. The predicted molar refractivity (Wildman–Crippen MR) is 160 cm³/mol. The largest absolute Gasteiger partial charge is 0.493 e. The fraction of sp³-hybridized carbons (Fsp3) is 0.281. The molecular weight excluding hydrogens is 518 g/mol. The number of aryl methyl sites for hydroxylation is 4. The minimum Gasteiger partial charge on any atom is -0.493 e. The zero-order chi connectivity index (χ0) is 29.1. The second kappa shape index (κ2) is 11.8. The predicted octanol–water partition coefficient (Wildman–Crippen LogP) is 4.87. The van der Waals surface area contributed by atoms with Crippen molar-refractivity contribution in [1.29, 1.82) is 0 Å². The zero-order valence-corrected chi connectivity index (χ0v) is 24.1. The van der Waals surface area contributed by atoms with Gasteiger partial charge in [0.25, 0.3) is 0 Å². The van der Waals surface area contributed by atoms with Crippen LogP contribution < -0.4 is 31.3 Å². The number of nitrogens with zero attached hydrogens (tertiary/aromatic N) is 3. The van der Waals surface area contributed by atoms with Gasteiger partial charge in [0.2, 0.25) is 0 Å². The van der Waals surface area contributed by atoms with E-state index in [1.54, 1.807) is 23.4 Å². The van der Waals surface area contributed by atoms with Gasteiger partial charge in [-0.2, -0.15) is 0 Å². The number of aromatic nitrogens is 2. The highest BCUT2D eigenvalue weighted by Gasteiger charge is 2.22. The molecule has 4 aromatic rings. The standard InChI is InChI=1S/C32H35N5O4/c1-20-15-21(2)30(22(3)16-20)35-29-19-26-25-18-28(41-5)27(40-4)17-23(25)11-13-36(26)32(39)37(29)14-12-33-31(38)34-24-9-7-6-8-10-24/h6-10,15-19H,11-14H2,1-5H3,(H2,33,34,38). The quantitative estimate of drug-likeness (QED) is 0.341. The average Bonchev–Trinajstić information content (AvgIpc) is 2.95. The molecular formula is C32H35N5O4. The highest BCUT2D eigenvalue weighted by atomic mass is 16.5. The molecule has 0 unspecified atom stereocenters. The van der Waals surface area contributed by atoms with Crippen LogP contribution in [-0.2, 0) is 19.5 Å². The third-order valence-electron chi connectivity index (χ3n) is 7.30. The van der Waals surface area contributed by atoms with Crippen molar-refractivity contribution in [2.45, 2.75) is 40.3 Å². The van der Waals surface area contributed by atoms with Gasteiger partial charge >= 0.3 is 11.7 Å². The van der Waals surface area contributed by atoms with Crippen LogP contribution >= 0.6 is 0 Å². The van der Waals surface area contributed by atoms with Crippen LogP contribution in [0, 0.1) is 20.8 Å². The van der Waals surface area contributed by atoms with Crippen LogP contribution in [0.15, 0.2) is 70.5 Å². The lowest BCUT2D eigenvalue weighted by Crippen LogP contribution is -2.44. The zero-order valence-electron chi connectivity index (χ0n) is 24.1. The first-order chi connectivity index (χ1) is 19.8. The van der Waals surface area contributed by atoms with Crippen molar-refractivity contribution < 1.29 is 14.3 Å². The van der Waals surface area contributed by atoms with Gasteiger partial charge in [-0.3, -0.25) is 9.13 Å². The lowest BCUT2D eigenvalue weighted by Gasteiger charge is -2.24. The fourth-order valence-corrected chi connectivity index (χ4v) is 5.41. The van der Waals surface area contributed by atoms with Crippen LogP contribution in [0.3, 0.4) is 0 Å². The van der Waals surface area contributed by atoms with Crippen molar-refractivity contribution in [2.75, 3.05) is 26.1 Å². The first kappa shape index (κ1) is 27.8. The Kier molecular flexibility index (Phi) is 7.96. The summed E-state index contributed by atoms with van der Waals surface area (Å²) in [4.78, 5) is 31.5. The number of carbonyl (C=O) groups excluding carboxylic acids is 1. The van der Waals surface area contributed by atoms with Gasteiger partial charge in [-0.1, -0.05) is 35.9 Å². The summed E-state index contributed by atoms with van der Waals surface area (Å²) in [5.74, 6) is 1.25. The van der Waals surface area contributed by atoms with Crippen LogP contribution in [0.2, 0.25) is 0 Å². The molecule has 0 bridgehead atoms. The van der Waals surface area contributed by atoms with Gasteiger partial charge in [-0.05, 0) is 68.1 Å². The Hall–Kier alpha value is -4.79. The van der Waals surface area contributed by atoms with E-state index in [2.05, 4.69) is 29.7 Å². The minimum atomic E-state index is -0.339. The summed E-state index contributed by atoms with van der Waals surface area (Å²) in [7, 11) is 3.22. The summed E-state index contributed by atoms with van der Waals surface area (Å²) >= 11 is 0. The van der Waals surface area contributed by atoms with E-state index in [1.807, 2.05) is 62.4 Å². The number of hydrogen-bond acceptors (Lipinski definition) is 5. The van der Waals surface area contributed by atoms with E-state index in [-0.39, 0.29) is 24.8 Å². The van der Waals surface area contributed by atoms with Gasteiger partial charge < -0.3 is 20.1 Å². The number of carbonyl (C=O) groups is 1. The second-order valence-electron chi connectivity index (χ2n) is 10.2. The number of ether oxygens (including phenoxy) is 2. The van der Waals surface area contributed by atoms with E-state index in [1.165, 1.54) is 0 Å². The van der Waals surface area contributed by atoms with Crippen molar-refractivity contribution in [2.24, 2.45) is 4.99 Å². The molecule has 2 heterocycles. The third kappa shape index (κ3) is 5.75. The van der Waals surface area contributed by atoms with Gasteiger partial charge in [-0.25, -0.2) is 14.6 Å². The van der Waals surface area contributed by atoms with E-state index in [0.29, 0.717) is 35.6 Å². The number of nitrogens with one attached hydrogen (secondary N) is 2. The molecule has 0 fully saturated rings. The molecule has 212 valence electrons. The Morgan fingerprint density at radius 2 is 1.63 bits per heavy atom. The molecule has 9 heteroatoms. The molecule has 0 atom stereocenters. The first-order valence-electron chi connectivity index (χ1n) is 13.6. The van der Waals surface area contributed by atoms with Gasteiger partial charge in [0, 0.05) is 37.0 Å². The molecule has 9 nitrogen and oxygen atoms in total. The molecule has 0 saturated heterocycles. The third-order valence-corrected chi connectivity index (χ3v) is 7.30. The molecule has 2 amide bonds. The van der Waals surface area contributed by atoms with Crippen LogP contribution in [0.25, 0.3) is 11.3 Å². The summed E-state index contributed by atoms with van der Waals surface area (Å²) < 4.78 is 14.5. The Morgan fingerprint density at radius 3 is 2.32 bits per heavy atom. The van der Waals surface area contributed by atoms with E-state index in [9.17, 15) is 9.59 Å². The normalized spacial score (nSPS) is 12.4. The SMILES string of the molecule is COc1cc2c(cc1OC)-c1cc(=Nc3c(C)cc(C)cc3C)n(CCNC(=O)Nc3ccccc3)c(=O)n1CC2. The molecule has 5 rings (SSSR count). The maximum absolute atomic E-state index is 14.0. The van der Waals surface area contributed by atoms with Crippen LogP contribution in [0.5, 0.6) is 11.5 Å². The molecule has 0 aliphatic carbocycles. The molecule has 2 N–H and O–H groups in total. The molecule has 0 radical (unpaired) electrons.